The second-order valence-corrected chi connectivity index (χ2v) is 6.45. The van der Waals surface area contributed by atoms with Crippen LogP contribution in [0.4, 0.5) is 0 Å². The Labute approximate surface area is 157 Å². The van der Waals surface area contributed by atoms with Crippen molar-refractivity contribution in [3.63, 3.8) is 0 Å². The van der Waals surface area contributed by atoms with Crippen LogP contribution in [0.2, 0.25) is 0 Å². The zero-order chi connectivity index (χ0) is 19.3. The summed E-state index contributed by atoms with van der Waals surface area (Å²) in [5.74, 6) is 0.803. The fraction of sp³-hybridized carbons (Fsp3) is 0.0476. The molecule has 5 aromatic rings. The minimum Gasteiger partial charge on any atom is -0.421 e. The van der Waals surface area contributed by atoms with E-state index >= 15 is 0 Å². The van der Waals surface area contributed by atoms with Gasteiger partial charge in [-0.1, -0.05) is 36.4 Å². The van der Waals surface area contributed by atoms with E-state index in [0.29, 0.717) is 34.1 Å². The highest BCUT2D eigenvalue weighted by Gasteiger charge is 2.14. The van der Waals surface area contributed by atoms with E-state index < -0.39 is 11.1 Å². The Morgan fingerprint density at radius 1 is 0.964 bits per heavy atom. The minimum absolute atomic E-state index is 0.354. The summed E-state index contributed by atoms with van der Waals surface area (Å²) < 4.78 is 6.89. The number of aromatic amines is 1. The zero-order valence-electron chi connectivity index (χ0n) is 14.8. The molecule has 0 atom stereocenters. The lowest BCUT2D eigenvalue weighted by molar-refractivity contribution is 0.533. The van der Waals surface area contributed by atoms with Gasteiger partial charge in [-0.25, -0.2) is 0 Å². The first kappa shape index (κ1) is 16.2. The van der Waals surface area contributed by atoms with E-state index in [1.165, 1.54) is 4.57 Å². The van der Waals surface area contributed by atoms with Gasteiger partial charge in [0.1, 0.15) is 0 Å². The molecule has 0 aliphatic carbocycles. The summed E-state index contributed by atoms with van der Waals surface area (Å²) in [7, 11) is 0. The highest BCUT2D eigenvalue weighted by atomic mass is 16.4. The summed E-state index contributed by atoms with van der Waals surface area (Å²) in [6, 6.07) is 18.6. The van der Waals surface area contributed by atoms with Gasteiger partial charge in [-0.15, -0.1) is 10.2 Å². The molecule has 136 valence electrons. The van der Waals surface area contributed by atoms with Crippen molar-refractivity contribution in [3.05, 3.63) is 87.3 Å². The zero-order valence-corrected chi connectivity index (χ0v) is 14.8. The van der Waals surface area contributed by atoms with Gasteiger partial charge < -0.3 is 9.40 Å². The lowest BCUT2D eigenvalue weighted by Crippen LogP contribution is -2.35. The van der Waals surface area contributed by atoms with Crippen molar-refractivity contribution in [1.29, 1.82) is 0 Å². The summed E-state index contributed by atoms with van der Waals surface area (Å²) in [4.78, 5) is 27.9. The number of benzene rings is 3. The van der Waals surface area contributed by atoms with Gasteiger partial charge >= 0.3 is 11.1 Å². The Bertz CT molecular complexity index is 1480. The van der Waals surface area contributed by atoms with Crippen LogP contribution in [0.3, 0.4) is 0 Å². The first-order chi connectivity index (χ1) is 13.6. The van der Waals surface area contributed by atoms with Crippen LogP contribution in [-0.4, -0.2) is 19.7 Å². The molecule has 0 fully saturated rings. The van der Waals surface area contributed by atoms with E-state index in [4.69, 9.17) is 4.42 Å². The van der Waals surface area contributed by atoms with Gasteiger partial charge in [0.2, 0.25) is 11.8 Å². The third-order valence-corrected chi connectivity index (χ3v) is 4.66. The average molecular weight is 370 g/mol. The Balaban J connectivity index is 1.84. The SMILES string of the molecule is Cc1nnc(-c2cccc(-n3c(=O)c(=O)[nH]c4c5ccccc5ccc43)c2)o1. The van der Waals surface area contributed by atoms with Crippen LogP contribution in [0.1, 0.15) is 5.89 Å². The number of nitrogens with zero attached hydrogens (tertiary/aromatic N) is 3. The van der Waals surface area contributed by atoms with E-state index in [1.54, 1.807) is 25.1 Å². The average Bonchev–Trinajstić information content (AvgIpc) is 3.15. The van der Waals surface area contributed by atoms with Crippen molar-refractivity contribution in [2.75, 3.05) is 0 Å². The second-order valence-electron chi connectivity index (χ2n) is 6.45. The molecular formula is C21H14N4O3. The fourth-order valence-corrected chi connectivity index (χ4v) is 3.40. The highest BCUT2D eigenvalue weighted by Crippen LogP contribution is 2.25. The molecular weight excluding hydrogens is 356 g/mol. The lowest BCUT2D eigenvalue weighted by atomic mass is 10.1. The quantitative estimate of drug-likeness (QED) is 0.380. The normalized spacial score (nSPS) is 11.3. The van der Waals surface area contributed by atoms with Crippen molar-refractivity contribution in [3.8, 4) is 17.1 Å². The molecule has 7 heteroatoms. The Kier molecular flexibility index (Phi) is 3.48. The largest absolute Gasteiger partial charge is 0.421 e. The van der Waals surface area contributed by atoms with Crippen molar-refractivity contribution in [2.45, 2.75) is 6.92 Å². The number of aromatic nitrogens is 4. The molecule has 1 N–H and O–H groups in total. The third-order valence-electron chi connectivity index (χ3n) is 4.66. The number of fused-ring (bicyclic) bond motifs is 3. The van der Waals surface area contributed by atoms with Crippen LogP contribution in [0.15, 0.2) is 74.7 Å². The van der Waals surface area contributed by atoms with Crippen molar-refractivity contribution >= 4 is 21.8 Å². The minimum atomic E-state index is -0.678. The molecule has 0 spiro atoms. The standard InChI is InChI=1S/C21H14N4O3/c1-12-23-24-20(28-12)14-6-4-7-15(11-14)25-17-10-9-13-5-2-3-8-16(13)18(17)22-19(26)21(25)27/h2-11H,1H3,(H,22,26). The Hall–Kier alpha value is -4.00. The van der Waals surface area contributed by atoms with E-state index in [1.807, 2.05) is 42.5 Å². The molecule has 5 rings (SSSR count). The Morgan fingerprint density at radius 2 is 1.82 bits per heavy atom. The van der Waals surface area contributed by atoms with Gasteiger partial charge in [0.15, 0.2) is 0 Å². The van der Waals surface area contributed by atoms with Crippen molar-refractivity contribution < 1.29 is 4.42 Å². The van der Waals surface area contributed by atoms with Crippen molar-refractivity contribution in [2.24, 2.45) is 0 Å². The van der Waals surface area contributed by atoms with Crippen LogP contribution in [0, 0.1) is 6.92 Å². The summed E-state index contributed by atoms with van der Waals surface area (Å²) in [5.41, 5.74) is 1.11. The predicted octanol–water partition coefficient (Wildman–Crippen LogP) is 3.19. The number of nitrogens with one attached hydrogen (secondary N) is 1. The van der Waals surface area contributed by atoms with Gasteiger partial charge in [0.05, 0.1) is 16.7 Å². The molecule has 3 aromatic carbocycles. The van der Waals surface area contributed by atoms with Crippen LogP contribution < -0.4 is 11.1 Å². The van der Waals surface area contributed by atoms with Crippen LogP contribution >= 0.6 is 0 Å². The topological polar surface area (TPSA) is 93.8 Å². The van der Waals surface area contributed by atoms with Crippen molar-refractivity contribution in [1.82, 2.24) is 19.7 Å². The van der Waals surface area contributed by atoms with E-state index in [0.717, 1.165) is 10.8 Å². The maximum atomic E-state index is 12.7. The fourth-order valence-electron chi connectivity index (χ4n) is 3.40. The van der Waals surface area contributed by atoms with Gasteiger partial charge in [0, 0.05) is 17.9 Å². The van der Waals surface area contributed by atoms with E-state index in [9.17, 15) is 9.59 Å². The smallest absolute Gasteiger partial charge is 0.321 e. The number of hydrogen-bond acceptors (Lipinski definition) is 5. The number of rotatable bonds is 2. The number of aryl methyl sites for hydroxylation is 1. The molecule has 0 aliphatic heterocycles. The van der Waals surface area contributed by atoms with Gasteiger partial charge in [-0.3, -0.25) is 14.2 Å². The predicted molar refractivity (Wildman–Crippen MR) is 106 cm³/mol. The molecule has 0 radical (unpaired) electrons. The molecule has 0 amide bonds. The van der Waals surface area contributed by atoms with E-state index in [2.05, 4.69) is 15.2 Å². The lowest BCUT2D eigenvalue weighted by Gasteiger charge is -2.12. The summed E-state index contributed by atoms with van der Waals surface area (Å²) in [6.45, 7) is 1.71. The first-order valence-corrected chi connectivity index (χ1v) is 8.69. The third kappa shape index (κ3) is 2.44. The maximum Gasteiger partial charge on any atom is 0.321 e. The summed E-state index contributed by atoms with van der Waals surface area (Å²) >= 11 is 0. The maximum absolute atomic E-state index is 12.7. The molecule has 0 saturated carbocycles. The Morgan fingerprint density at radius 3 is 2.64 bits per heavy atom. The number of hydrogen-bond donors (Lipinski definition) is 1. The molecule has 28 heavy (non-hydrogen) atoms. The highest BCUT2D eigenvalue weighted by molar-refractivity contribution is 6.04. The monoisotopic (exact) mass is 370 g/mol. The van der Waals surface area contributed by atoms with E-state index in [-0.39, 0.29) is 0 Å². The molecule has 2 heterocycles. The van der Waals surface area contributed by atoms with Crippen LogP contribution in [-0.2, 0) is 0 Å². The molecule has 7 nitrogen and oxygen atoms in total. The molecule has 2 aromatic heterocycles. The molecule has 0 unspecified atom stereocenters. The molecule has 0 saturated heterocycles. The van der Waals surface area contributed by atoms with Gasteiger partial charge in [-0.2, -0.15) is 0 Å². The number of H-pyrrole nitrogens is 1. The first-order valence-electron chi connectivity index (χ1n) is 8.69. The van der Waals surface area contributed by atoms with Gasteiger partial charge in [-0.05, 0) is 29.7 Å². The summed E-state index contributed by atoms with van der Waals surface area (Å²) in [5, 5.41) is 9.71. The van der Waals surface area contributed by atoms with Gasteiger partial charge in [0.25, 0.3) is 0 Å². The molecule has 0 bridgehead atoms. The van der Waals surface area contributed by atoms with Crippen LogP contribution in [0.5, 0.6) is 0 Å². The van der Waals surface area contributed by atoms with Crippen LogP contribution in [0.25, 0.3) is 38.9 Å². The molecule has 0 aliphatic rings. The second kappa shape index (κ2) is 6.02. The summed E-state index contributed by atoms with van der Waals surface area (Å²) in [6.07, 6.45) is 0.